The number of amides is 1. The van der Waals surface area contributed by atoms with Crippen LogP contribution < -0.4 is 10.1 Å². The Morgan fingerprint density at radius 3 is 2.44 bits per heavy atom. The van der Waals surface area contributed by atoms with Gasteiger partial charge in [0.15, 0.2) is 5.69 Å². The number of rotatable bonds is 7. The number of nitrogens with zero attached hydrogens (tertiary/aromatic N) is 2. The van der Waals surface area contributed by atoms with E-state index >= 15 is 0 Å². The van der Waals surface area contributed by atoms with E-state index in [-0.39, 0.29) is 17.3 Å². The molecule has 1 atom stereocenters. The number of nitrogens with one attached hydrogen (secondary N) is 1. The van der Waals surface area contributed by atoms with Gasteiger partial charge < -0.3 is 15.2 Å². The molecule has 11 heteroatoms. The normalized spacial score (nSPS) is 12.3. The molecular formula is C21H17F4N3O4. The Morgan fingerprint density at radius 2 is 1.81 bits per heavy atom. The first-order chi connectivity index (χ1) is 15.1. The monoisotopic (exact) mass is 451 g/mol. The summed E-state index contributed by atoms with van der Waals surface area (Å²) in [5, 5.41) is 15.4. The maximum absolute atomic E-state index is 14.1. The number of carboxylic acids is 1. The van der Waals surface area contributed by atoms with Crippen LogP contribution in [0, 0.1) is 5.82 Å². The number of ether oxygens (including phenoxy) is 1. The van der Waals surface area contributed by atoms with Crippen molar-refractivity contribution in [3.05, 3.63) is 77.2 Å². The van der Waals surface area contributed by atoms with Crippen LogP contribution in [0.25, 0.3) is 5.69 Å². The molecule has 3 aromatic rings. The van der Waals surface area contributed by atoms with Gasteiger partial charge in [-0.2, -0.15) is 23.0 Å². The second-order valence-electron chi connectivity index (χ2n) is 6.64. The van der Waals surface area contributed by atoms with Crippen molar-refractivity contribution in [3.63, 3.8) is 0 Å². The fraction of sp³-hybridized carbons (Fsp3) is 0.190. The lowest BCUT2D eigenvalue weighted by Gasteiger charge is -2.21. The van der Waals surface area contributed by atoms with E-state index in [2.05, 4.69) is 10.4 Å². The topological polar surface area (TPSA) is 93.4 Å². The smallest absolute Gasteiger partial charge is 0.416 e. The summed E-state index contributed by atoms with van der Waals surface area (Å²) in [5.74, 6) is -3.03. The zero-order chi connectivity index (χ0) is 23.5. The first kappa shape index (κ1) is 22.8. The van der Waals surface area contributed by atoms with Gasteiger partial charge in [0, 0.05) is 6.07 Å². The van der Waals surface area contributed by atoms with Gasteiger partial charge in [-0.05, 0) is 23.8 Å². The maximum Gasteiger partial charge on any atom is 0.416 e. The molecule has 0 saturated carbocycles. The lowest BCUT2D eigenvalue weighted by Crippen LogP contribution is -2.32. The number of carbonyl (C=O) groups is 2. The van der Waals surface area contributed by atoms with E-state index in [1.807, 2.05) is 0 Å². The molecule has 0 saturated heterocycles. The molecule has 0 aliphatic heterocycles. The lowest BCUT2D eigenvalue weighted by atomic mass is 9.97. The van der Waals surface area contributed by atoms with Crippen LogP contribution >= 0.6 is 0 Å². The molecule has 0 aliphatic carbocycles. The van der Waals surface area contributed by atoms with Crippen LogP contribution in [0.2, 0.25) is 0 Å². The Morgan fingerprint density at radius 1 is 1.16 bits per heavy atom. The molecule has 1 heterocycles. The predicted molar refractivity (Wildman–Crippen MR) is 104 cm³/mol. The highest BCUT2D eigenvalue weighted by Gasteiger charge is 2.36. The second-order valence-corrected chi connectivity index (χ2v) is 6.64. The maximum atomic E-state index is 14.1. The van der Waals surface area contributed by atoms with Crippen LogP contribution in [0.5, 0.6) is 5.88 Å². The highest BCUT2D eigenvalue weighted by molar-refractivity contribution is 5.93. The summed E-state index contributed by atoms with van der Waals surface area (Å²) < 4.78 is 60.5. The minimum atomic E-state index is -4.76. The first-order valence-electron chi connectivity index (χ1n) is 9.19. The molecule has 3 rings (SSSR count). The number of carbonyl (C=O) groups excluding carboxylic acids is 1. The highest BCUT2D eigenvalue weighted by atomic mass is 19.4. The molecule has 0 fully saturated rings. The third kappa shape index (κ3) is 4.88. The SMILES string of the molecule is COc1cc(C(=O)NC(CC(=O)O)c2ccccc2C(F)(F)F)nn1-c1ccccc1F. The van der Waals surface area contributed by atoms with E-state index in [4.69, 9.17) is 4.74 Å². The summed E-state index contributed by atoms with van der Waals surface area (Å²) in [6.45, 7) is 0. The average Bonchev–Trinajstić information content (AvgIpc) is 3.17. The number of carboxylic acid groups (broad SMARTS) is 1. The molecule has 1 amide bonds. The molecule has 1 aromatic heterocycles. The molecule has 2 N–H and O–H groups in total. The van der Waals surface area contributed by atoms with E-state index in [1.165, 1.54) is 37.4 Å². The summed E-state index contributed by atoms with van der Waals surface area (Å²) in [7, 11) is 1.27. The Balaban J connectivity index is 1.97. The van der Waals surface area contributed by atoms with Gasteiger partial charge in [0.1, 0.15) is 11.5 Å². The van der Waals surface area contributed by atoms with Gasteiger partial charge in [0.05, 0.1) is 25.1 Å². The van der Waals surface area contributed by atoms with Gasteiger partial charge in [-0.15, -0.1) is 0 Å². The van der Waals surface area contributed by atoms with Crippen molar-refractivity contribution >= 4 is 11.9 Å². The molecule has 168 valence electrons. The number of halogens is 4. The average molecular weight is 451 g/mol. The van der Waals surface area contributed by atoms with E-state index in [9.17, 15) is 32.3 Å². The number of para-hydroxylation sites is 1. The van der Waals surface area contributed by atoms with Crippen LogP contribution in [-0.4, -0.2) is 33.9 Å². The third-order valence-corrected chi connectivity index (χ3v) is 4.52. The lowest BCUT2D eigenvalue weighted by molar-refractivity contribution is -0.140. The summed E-state index contributed by atoms with van der Waals surface area (Å²) in [6.07, 6.45) is -5.56. The molecule has 7 nitrogen and oxygen atoms in total. The minimum Gasteiger partial charge on any atom is -0.481 e. The summed E-state index contributed by atoms with van der Waals surface area (Å²) in [4.78, 5) is 24.0. The van der Waals surface area contributed by atoms with E-state index in [0.717, 1.165) is 28.9 Å². The van der Waals surface area contributed by atoms with Crippen LogP contribution in [0.4, 0.5) is 17.6 Å². The van der Waals surface area contributed by atoms with E-state index in [1.54, 1.807) is 0 Å². The number of methoxy groups -OCH3 is 1. The number of hydrogen-bond donors (Lipinski definition) is 2. The largest absolute Gasteiger partial charge is 0.481 e. The van der Waals surface area contributed by atoms with Gasteiger partial charge >= 0.3 is 12.1 Å². The van der Waals surface area contributed by atoms with Crippen LogP contribution in [-0.2, 0) is 11.0 Å². The molecule has 0 spiro atoms. The van der Waals surface area contributed by atoms with Gasteiger partial charge in [0.2, 0.25) is 5.88 Å². The van der Waals surface area contributed by atoms with Gasteiger partial charge in [-0.25, -0.2) is 4.39 Å². The fourth-order valence-electron chi connectivity index (χ4n) is 3.12. The Kier molecular flexibility index (Phi) is 6.47. The Bertz CT molecular complexity index is 1140. The Hall–Kier alpha value is -3.89. The van der Waals surface area contributed by atoms with Gasteiger partial charge in [-0.3, -0.25) is 9.59 Å². The van der Waals surface area contributed by atoms with Crippen molar-refractivity contribution in [1.82, 2.24) is 15.1 Å². The molecule has 0 bridgehead atoms. The van der Waals surface area contributed by atoms with Crippen molar-refractivity contribution in [2.24, 2.45) is 0 Å². The minimum absolute atomic E-state index is 0.00859. The fourth-order valence-corrected chi connectivity index (χ4v) is 3.12. The zero-order valence-corrected chi connectivity index (χ0v) is 16.6. The third-order valence-electron chi connectivity index (χ3n) is 4.52. The van der Waals surface area contributed by atoms with Crippen molar-refractivity contribution < 1.29 is 37.0 Å². The molecule has 0 aliphatic rings. The van der Waals surface area contributed by atoms with Crippen molar-refractivity contribution in [2.75, 3.05) is 7.11 Å². The predicted octanol–water partition coefficient (Wildman–Crippen LogP) is 3.98. The summed E-state index contributed by atoms with van der Waals surface area (Å²) >= 11 is 0. The molecule has 1 unspecified atom stereocenters. The first-order valence-corrected chi connectivity index (χ1v) is 9.19. The standard InChI is InChI=1S/C21H17F4N3O4/c1-32-18-10-16(27-28(18)17-9-5-4-8-14(17)22)20(31)26-15(11-19(29)30)12-6-2-3-7-13(12)21(23,24)25/h2-10,15H,11H2,1H3,(H,26,31)(H,29,30). The van der Waals surface area contributed by atoms with Crippen LogP contribution in [0.15, 0.2) is 54.6 Å². The Labute approximate surface area is 179 Å². The van der Waals surface area contributed by atoms with E-state index < -0.39 is 47.5 Å². The number of aromatic nitrogens is 2. The molecule has 32 heavy (non-hydrogen) atoms. The number of hydrogen-bond acceptors (Lipinski definition) is 4. The highest BCUT2D eigenvalue weighted by Crippen LogP contribution is 2.35. The molecule has 0 radical (unpaired) electrons. The van der Waals surface area contributed by atoms with Gasteiger partial charge in [-0.1, -0.05) is 30.3 Å². The second kappa shape index (κ2) is 9.08. The van der Waals surface area contributed by atoms with Crippen LogP contribution in [0.1, 0.15) is 34.1 Å². The quantitative estimate of drug-likeness (QED) is 0.530. The number of alkyl halides is 3. The van der Waals surface area contributed by atoms with Crippen molar-refractivity contribution in [2.45, 2.75) is 18.6 Å². The van der Waals surface area contributed by atoms with Gasteiger partial charge in [0.25, 0.3) is 5.91 Å². The van der Waals surface area contributed by atoms with Crippen LogP contribution in [0.3, 0.4) is 0 Å². The van der Waals surface area contributed by atoms with Crippen molar-refractivity contribution in [3.8, 4) is 11.6 Å². The zero-order valence-electron chi connectivity index (χ0n) is 16.6. The number of benzene rings is 2. The summed E-state index contributed by atoms with van der Waals surface area (Å²) in [6, 6.07) is 9.58. The molecular weight excluding hydrogens is 434 g/mol. The molecule has 2 aromatic carbocycles. The van der Waals surface area contributed by atoms with Crippen molar-refractivity contribution in [1.29, 1.82) is 0 Å². The van der Waals surface area contributed by atoms with E-state index in [0.29, 0.717) is 0 Å². The summed E-state index contributed by atoms with van der Waals surface area (Å²) in [5.41, 5.74) is -1.80. The number of aliphatic carboxylic acids is 1.